The monoisotopic (exact) mass is 239 g/mol. The highest BCUT2D eigenvalue weighted by atomic mass is 16.5. The Morgan fingerprint density at radius 1 is 1.53 bits per heavy atom. The molecule has 0 bridgehead atoms. The third-order valence-electron chi connectivity index (χ3n) is 3.19. The fourth-order valence-corrected chi connectivity index (χ4v) is 2.25. The molecule has 1 atom stereocenters. The summed E-state index contributed by atoms with van der Waals surface area (Å²) in [6, 6.07) is 0. The van der Waals surface area contributed by atoms with Crippen molar-refractivity contribution in [3.8, 4) is 0 Å². The first-order valence-corrected chi connectivity index (χ1v) is 6.25. The molecule has 1 fully saturated rings. The van der Waals surface area contributed by atoms with Crippen LogP contribution in [0.4, 0.5) is 0 Å². The van der Waals surface area contributed by atoms with Gasteiger partial charge >= 0.3 is 0 Å². The molecule has 96 valence electrons. The topological polar surface area (TPSA) is 64.9 Å². The molecular weight excluding hydrogens is 218 g/mol. The lowest BCUT2D eigenvalue weighted by Gasteiger charge is -2.26. The molecule has 0 saturated carbocycles. The molecule has 0 aromatic carbocycles. The molecule has 2 heterocycles. The molecule has 0 amide bonds. The summed E-state index contributed by atoms with van der Waals surface area (Å²) < 4.78 is 5.55. The van der Waals surface area contributed by atoms with Gasteiger partial charge in [-0.1, -0.05) is 6.92 Å². The fourth-order valence-electron chi connectivity index (χ4n) is 2.25. The summed E-state index contributed by atoms with van der Waals surface area (Å²) in [7, 11) is 1.80. The van der Waals surface area contributed by atoms with E-state index >= 15 is 0 Å². The van der Waals surface area contributed by atoms with E-state index < -0.39 is 0 Å². The summed E-state index contributed by atoms with van der Waals surface area (Å²) in [5.74, 6) is 0.816. The molecule has 1 aromatic rings. The highest BCUT2D eigenvalue weighted by molar-refractivity contribution is 4.94. The maximum Gasteiger partial charge on any atom is 0.175 e. The maximum atomic E-state index is 5.55. The van der Waals surface area contributed by atoms with Crippen LogP contribution in [0.3, 0.4) is 0 Å². The van der Waals surface area contributed by atoms with E-state index in [1.165, 1.54) is 4.80 Å². The van der Waals surface area contributed by atoms with Gasteiger partial charge in [0.1, 0.15) is 0 Å². The largest absolute Gasteiger partial charge is 0.381 e. The molecule has 17 heavy (non-hydrogen) atoms. The van der Waals surface area contributed by atoms with Gasteiger partial charge in [-0.3, -0.25) is 0 Å². The summed E-state index contributed by atoms with van der Waals surface area (Å²) in [4.78, 5) is 1.51. The molecule has 6 heteroatoms. The van der Waals surface area contributed by atoms with Gasteiger partial charge in [0.05, 0.1) is 13.7 Å². The molecule has 6 nitrogen and oxygen atoms in total. The molecule has 1 aliphatic heterocycles. The second-order valence-electron chi connectivity index (χ2n) is 4.85. The van der Waals surface area contributed by atoms with E-state index in [1.54, 1.807) is 7.05 Å². The average Bonchev–Trinajstić information content (AvgIpc) is 2.90. The van der Waals surface area contributed by atoms with Gasteiger partial charge in [0, 0.05) is 25.0 Å². The first-order valence-electron chi connectivity index (χ1n) is 6.25. The van der Waals surface area contributed by atoms with Gasteiger partial charge in [-0.25, -0.2) is 0 Å². The van der Waals surface area contributed by atoms with Crippen molar-refractivity contribution in [2.45, 2.75) is 26.2 Å². The third-order valence-corrected chi connectivity index (χ3v) is 3.19. The van der Waals surface area contributed by atoms with Crippen molar-refractivity contribution in [2.75, 3.05) is 26.3 Å². The Morgan fingerprint density at radius 2 is 2.41 bits per heavy atom. The number of tetrazole rings is 1. The summed E-state index contributed by atoms with van der Waals surface area (Å²) in [6.07, 6.45) is 3.07. The first-order chi connectivity index (χ1) is 8.24. The van der Waals surface area contributed by atoms with Crippen LogP contribution in [-0.2, 0) is 18.2 Å². The highest BCUT2D eigenvalue weighted by Gasteiger charge is 2.36. The predicted molar refractivity (Wildman–Crippen MR) is 63.5 cm³/mol. The van der Waals surface area contributed by atoms with Gasteiger partial charge in [0.15, 0.2) is 5.82 Å². The summed E-state index contributed by atoms with van der Waals surface area (Å²) >= 11 is 0. The van der Waals surface area contributed by atoms with Crippen LogP contribution in [0, 0.1) is 5.41 Å². The molecular formula is C11H21N5O. The van der Waals surface area contributed by atoms with Gasteiger partial charge in [0.2, 0.25) is 0 Å². The number of hydrogen-bond acceptors (Lipinski definition) is 5. The van der Waals surface area contributed by atoms with E-state index in [0.717, 1.165) is 51.4 Å². The number of rotatable bonds is 6. The van der Waals surface area contributed by atoms with E-state index in [0.29, 0.717) is 0 Å². The molecule has 1 saturated heterocycles. The van der Waals surface area contributed by atoms with E-state index in [4.69, 9.17) is 4.74 Å². The number of nitrogens with zero attached hydrogens (tertiary/aromatic N) is 4. The van der Waals surface area contributed by atoms with E-state index in [2.05, 4.69) is 27.7 Å². The molecule has 1 N–H and O–H groups in total. The minimum absolute atomic E-state index is 0.151. The zero-order valence-electron chi connectivity index (χ0n) is 10.6. The molecule has 1 aromatic heterocycles. The first kappa shape index (κ1) is 12.4. The van der Waals surface area contributed by atoms with Crippen LogP contribution in [-0.4, -0.2) is 46.5 Å². The van der Waals surface area contributed by atoms with Crippen molar-refractivity contribution in [2.24, 2.45) is 12.5 Å². The molecule has 0 spiro atoms. The van der Waals surface area contributed by atoms with Crippen LogP contribution in [0.15, 0.2) is 0 Å². The molecule has 1 aliphatic rings. The average molecular weight is 239 g/mol. The van der Waals surface area contributed by atoms with Crippen molar-refractivity contribution in [1.82, 2.24) is 25.5 Å². The second-order valence-corrected chi connectivity index (χ2v) is 4.85. The third kappa shape index (κ3) is 3.23. The lowest BCUT2D eigenvalue weighted by Crippen LogP contribution is -2.37. The molecule has 1 unspecified atom stereocenters. The van der Waals surface area contributed by atoms with Crippen LogP contribution in [0.2, 0.25) is 0 Å². The second kappa shape index (κ2) is 5.55. The Morgan fingerprint density at radius 3 is 3.00 bits per heavy atom. The number of aromatic nitrogens is 4. The van der Waals surface area contributed by atoms with Crippen LogP contribution in [0.5, 0.6) is 0 Å². The Hall–Kier alpha value is -1.01. The van der Waals surface area contributed by atoms with Crippen LogP contribution in [0.1, 0.15) is 25.6 Å². The number of nitrogens with one attached hydrogen (secondary N) is 1. The molecule has 0 aliphatic carbocycles. The summed E-state index contributed by atoms with van der Waals surface area (Å²) in [5.41, 5.74) is 0.151. The predicted octanol–water partition coefficient (Wildman–Crippen LogP) is 0.159. The zero-order valence-corrected chi connectivity index (χ0v) is 10.6. The van der Waals surface area contributed by atoms with Gasteiger partial charge in [-0.15, -0.1) is 10.2 Å². The van der Waals surface area contributed by atoms with Crippen LogP contribution >= 0.6 is 0 Å². The van der Waals surface area contributed by atoms with E-state index in [-0.39, 0.29) is 5.41 Å². The van der Waals surface area contributed by atoms with Crippen molar-refractivity contribution in [1.29, 1.82) is 0 Å². The minimum Gasteiger partial charge on any atom is -0.381 e. The Bertz CT molecular complexity index is 345. The van der Waals surface area contributed by atoms with Crippen molar-refractivity contribution < 1.29 is 4.74 Å². The summed E-state index contributed by atoms with van der Waals surface area (Å²) in [6.45, 7) is 5.83. The van der Waals surface area contributed by atoms with Crippen LogP contribution in [0.25, 0.3) is 0 Å². The molecule has 0 radical (unpaired) electrons. The van der Waals surface area contributed by atoms with Gasteiger partial charge in [-0.2, -0.15) is 4.80 Å². The lowest BCUT2D eigenvalue weighted by atomic mass is 9.83. The quantitative estimate of drug-likeness (QED) is 0.716. The maximum absolute atomic E-state index is 5.55. The normalized spacial score (nSPS) is 24.4. The van der Waals surface area contributed by atoms with Crippen molar-refractivity contribution >= 4 is 0 Å². The number of ether oxygens (including phenoxy) is 1. The Labute approximate surface area is 102 Å². The molecule has 2 rings (SSSR count). The van der Waals surface area contributed by atoms with Gasteiger partial charge in [0.25, 0.3) is 0 Å². The smallest absolute Gasteiger partial charge is 0.175 e. The Kier molecular flexibility index (Phi) is 4.06. The minimum atomic E-state index is 0.151. The van der Waals surface area contributed by atoms with Gasteiger partial charge in [-0.05, 0) is 24.6 Å². The van der Waals surface area contributed by atoms with Crippen LogP contribution < -0.4 is 5.32 Å². The van der Waals surface area contributed by atoms with Crippen molar-refractivity contribution in [3.05, 3.63) is 5.82 Å². The Balaban J connectivity index is 1.96. The zero-order chi connectivity index (χ0) is 12.1. The number of hydrogen-bond donors (Lipinski definition) is 1. The fraction of sp³-hybridized carbons (Fsp3) is 0.909. The standard InChI is InChI=1S/C11H21N5O/c1-3-5-12-8-11(4-6-17-9-11)7-10-13-15-16(2)14-10/h12H,3-9H2,1-2H3. The van der Waals surface area contributed by atoms with Crippen molar-refractivity contribution in [3.63, 3.8) is 0 Å². The van der Waals surface area contributed by atoms with Gasteiger partial charge < -0.3 is 10.1 Å². The summed E-state index contributed by atoms with van der Waals surface area (Å²) in [5, 5.41) is 15.7. The van der Waals surface area contributed by atoms with E-state index in [1.807, 2.05) is 0 Å². The van der Waals surface area contributed by atoms with E-state index in [9.17, 15) is 0 Å². The highest BCUT2D eigenvalue weighted by Crippen LogP contribution is 2.30. The SMILES string of the molecule is CCCNCC1(Cc2nnn(C)n2)CCOC1. The lowest BCUT2D eigenvalue weighted by molar-refractivity contribution is 0.148. The number of aryl methyl sites for hydroxylation is 1.